The van der Waals surface area contributed by atoms with E-state index in [0.717, 1.165) is 135 Å². The maximum Gasteiger partial charge on any atom is 0.335 e. The van der Waals surface area contributed by atoms with Crippen LogP contribution in [0, 0.1) is 0 Å². The monoisotopic (exact) mass is 1080 g/mol. The molecule has 1 heterocycles. The van der Waals surface area contributed by atoms with Gasteiger partial charge in [0.2, 0.25) is 0 Å². The molecule has 0 spiro atoms. The van der Waals surface area contributed by atoms with E-state index in [1.807, 2.05) is 0 Å². The molecule has 1 fully saturated rings. The summed E-state index contributed by atoms with van der Waals surface area (Å²) in [7, 11) is 0. The van der Waals surface area contributed by atoms with Crippen LogP contribution in [0.1, 0.15) is 252 Å². The van der Waals surface area contributed by atoms with E-state index in [9.17, 15) is 34.5 Å². The second kappa shape index (κ2) is 52.6. The lowest BCUT2D eigenvalue weighted by Crippen LogP contribution is -2.61. The molecule has 0 aliphatic carbocycles. The molecule has 6 unspecified atom stereocenters. The van der Waals surface area contributed by atoms with Crippen molar-refractivity contribution in [2.45, 2.75) is 289 Å². The third-order valence-electron chi connectivity index (χ3n) is 13.4. The molecule has 12 nitrogen and oxygen atoms in total. The molecule has 0 radical (unpaired) electrons. The summed E-state index contributed by atoms with van der Waals surface area (Å²) in [6.07, 6.45) is 55.4. The normalized spacial score (nSPS) is 18.6. The number of unbranched alkanes of at least 4 members (excludes halogenated alkanes) is 23. The van der Waals surface area contributed by atoms with Crippen LogP contribution in [0.2, 0.25) is 0 Å². The van der Waals surface area contributed by atoms with Gasteiger partial charge >= 0.3 is 23.9 Å². The Bertz CT molecular complexity index is 1660. The highest BCUT2D eigenvalue weighted by atomic mass is 16.7. The minimum absolute atomic E-state index is 0.0384. The molecular weight excluding hydrogens is 973 g/mol. The highest BCUT2D eigenvalue weighted by Gasteiger charge is 2.50. The average molecular weight is 1080 g/mol. The first-order valence-electron chi connectivity index (χ1n) is 30.6. The highest BCUT2D eigenvalue weighted by molar-refractivity contribution is 5.74. The van der Waals surface area contributed by atoms with E-state index in [2.05, 4.69) is 106 Å². The Labute approximate surface area is 467 Å². The molecule has 6 atom stereocenters. The van der Waals surface area contributed by atoms with Gasteiger partial charge in [0.25, 0.3) is 0 Å². The number of aliphatic carboxylic acids is 1. The summed E-state index contributed by atoms with van der Waals surface area (Å²) >= 11 is 0. The van der Waals surface area contributed by atoms with Gasteiger partial charge in [-0.05, 0) is 116 Å². The number of hydrogen-bond acceptors (Lipinski definition) is 11. The molecule has 0 aromatic carbocycles. The van der Waals surface area contributed by atoms with Crippen LogP contribution >= 0.6 is 0 Å². The number of hydrogen-bond donors (Lipinski definition) is 3. The molecule has 0 aromatic rings. The van der Waals surface area contributed by atoms with Crippen molar-refractivity contribution in [3.8, 4) is 0 Å². The minimum atomic E-state index is -1.92. The maximum absolute atomic E-state index is 13.2. The van der Waals surface area contributed by atoms with Crippen LogP contribution < -0.4 is 0 Å². The molecule has 0 amide bonds. The zero-order valence-corrected chi connectivity index (χ0v) is 48.4. The number of aliphatic hydroxyl groups is 2. The Morgan fingerprint density at radius 3 is 1.29 bits per heavy atom. The summed E-state index contributed by atoms with van der Waals surface area (Å²) < 4.78 is 28.4. The van der Waals surface area contributed by atoms with Gasteiger partial charge in [-0.2, -0.15) is 0 Å². The van der Waals surface area contributed by atoms with Crippen LogP contribution in [0.3, 0.4) is 0 Å². The van der Waals surface area contributed by atoms with E-state index in [-0.39, 0.29) is 25.9 Å². The van der Waals surface area contributed by atoms with Gasteiger partial charge in [-0.1, -0.05) is 202 Å². The molecule has 0 aromatic heterocycles. The van der Waals surface area contributed by atoms with Crippen LogP contribution in [0.5, 0.6) is 0 Å². The van der Waals surface area contributed by atoms with Crippen LogP contribution in [-0.4, -0.2) is 89.2 Å². The third-order valence-corrected chi connectivity index (χ3v) is 13.4. The van der Waals surface area contributed by atoms with E-state index >= 15 is 0 Å². The first-order chi connectivity index (χ1) is 37.6. The van der Waals surface area contributed by atoms with E-state index in [1.54, 1.807) is 0 Å². The van der Waals surface area contributed by atoms with Gasteiger partial charge in [-0.3, -0.25) is 14.4 Å². The fourth-order valence-corrected chi connectivity index (χ4v) is 8.74. The fraction of sp³-hybridized carbons (Fsp3) is 0.723. The Morgan fingerprint density at radius 2 is 0.818 bits per heavy atom. The summed E-state index contributed by atoms with van der Waals surface area (Å²) in [6, 6.07) is 0. The predicted octanol–water partition coefficient (Wildman–Crippen LogP) is 15.9. The first-order valence-corrected chi connectivity index (χ1v) is 30.6. The van der Waals surface area contributed by atoms with Crippen molar-refractivity contribution >= 4 is 23.9 Å². The fourth-order valence-electron chi connectivity index (χ4n) is 8.74. The molecule has 440 valence electrons. The molecule has 1 rings (SSSR count). The van der Waals surface area contributed by atoms with E-state index in [1.165, 1.54) is 57.8 Å². The quantitative estimate of drug-likeness (QED) is 0.0228. The van der Waals surface area contributed by atoms with E-state index < -0.39 is 67.3 Å². The summed E-state index contributed by atoms with van der Waals surface area (Å²) in [5.41, 5.74) is 0. The average Bonchev–Trinajstić information content (AvgIpc) is 3.42. The number of carbonyl (C=O) groups excluding carboxylic acids is 3. The number of ether oxygens (including phenoxy) is 5. The second-order valence-corrected chi connectivity index (χ2v) is 20.6. The van der Waals surface area contributed by atoms with Crippen LogP contribution in [0.4, 0.5) is 0 Å². The molecular formula is C65H108O12. The number of carboxylic acids is 1. The number of aliphatic hydroxyl groups excluding tert-OH is 2. The van der Waals surface area contributed by atoms with E-state index in [4.69, 9.17) is 23.7 Å². The van der Waals surface area contributed by atoms with Crippen molar-refractivity contribution in [2.24, 2.45) is 0 Å². The summed E-state index contributed by atoms with van der Waals surface area (Å²) in [5, 5.41) is 31.5. The Balaban J connectivity index is 2.72. The molecule has 1 aliphatic heterocycles. The van der Waals surface area contributed by atoms with Crippen LogP contribution in [0.25, 0.3) is 0 Å². The van der Waals surface area contributed by atoms with Gasteiger partial charge in [0.15, 0.2) is 24.6 Å². The standard InChI is InChI=1S/C65H108O12/c1-4-7-10-13-16-19-22-25-28-29-32-33-36-39-42-45-48-51-57(66)73-54-56(75-58(67)52-49-46-43-40-37-34-30-26-23-20-17-14-11-8-5-2)55-74-65-63(61(70)60(69)62(77-65)64(71)72)76-59(68)53-50-47-44-41-38-35-31-27-24-21-18-15-12-9-6-3/h7,10,16,18-19,21,25-28,30-33,56,60-63,65,69-70H,4-6,8-9,11-15,17,20,22-24,29,34-55H2,1-3H3,(H,71,72)/b10-7-,19-16-,21-18-,28-25-,30-26-,31-27-,33-32-. The Kier molecular flexibility index (Phi) is 48.4. The predicted molar refractivity (Wildman–Crippen MR) is 312 cm³/mol. The van der Waals surface area contributed by atoms with Crippen molar-refractivity contribution in [2.75, 3.05) is 13.2 Å². The lowest BCUT2D eigenvalue weighted by Gasteiger charge is -2.40. The van der Waals surface area contributed by atoms with Crippen molar-refractivity contribution < 1.29 is 58.2 Å². The number of carboxylic acid groups (broad SMARTS) is 1. The van der Waals surface area contributed by atoms with Crippen LogP contribution in [-0.2, 0) is 42.9 Å². The maximum atomic E-state index is 13.2. The molecule has 1 saturated heterocycles. The smallest absolute Gasteiger partial charge is 0.335 e. The summed E-state index contributed by atoms with van der Waals surface area (Å²) in [4.78, 5) is 51.2. The van der Waals surface area contributed by atoms with Gasteiger partial charge in [0, 0.05) is 19.3 Å². The van der Waals surface area contributed by atoms with Crippen LogP contribution in [0.15, 0.2) is 85.1 Å². The Hall–Kier alpha value is -4.10. The molecule has 12 heteroatoms. The molecule has 0 saturated carbocycles. The van der Waals surface area contributed by atoms with Crippen molar-refractivity contribution in [3.63, 3.8) is 0 Å². The third kappa shape index (κ3) is 42.5. The largest absolute Gasteiger partial charge is 0.479 e. The van der Waals surface area contributed by atoms with Gasteiger partial charge in [-0.25, -0.2) is 4.79 Å². The Morgan fingerprint density at radius 1 is 0.442 bits per heavy atom. The number of allylic oxidation sites excluding steroid dienone is 14. The van der Waals surface area contributed by atoms with Gasteiger partial charge in [0.05, 0.1) is 6.61 Å². The number of esters is 3. The first kappa shape index (κ1) is 70.9. The van der Waals surface area contributed by atoms with Gasteiger partial charge in [-0.15, -0.1) is 0 Å². The highest BCUT2D eigenvalue weighted by Crippen LogP contribution is 2.26. The van der Waals surface area contributed by atoms with Crippen molar-refractivity contribution in [3.05, 3.63) is 85.1 Å². The SMILES string of the molecule is CC/C=C\C/C=C\C/C=C\C/C=C\CCCCCCC(=O)OCC(COC1OC(C(=O)O)C(O)C(O)C1OC(=O)CCCCCCC/C=C\C/C=C\CCCCC)OC(=O)CCCCCCC/C=C\CCCCCCCC. The lowest BCUT2D eigenvalue weighted by atomic mass is 9.98. The van der Waals surface area contributed by atoms with Gasteiger partial charge < -0.3 is 39.0 Å². The number of carbonyl (C=O) groups is 4. The zero-order valence-electron chi connectivity index (χ0n) is 48.4. The summed E-state index contributed by atoms with van der Waals surface area (Å²) in [6.45, 7) is 5.82. The zero-order chi connectivity index (χ0) is 56.1. The van der Waals surface area contributed by atoms with Crippen molar-refractivity contribution in [1.29, 1.82) is 0 Å². The second-order valence-electron chi connectivity index (χ2n) is 20.6. The molecule has 3 N–H and O–H groups in total. The summed E-state index contributed by atoms with van der Waals surface area (Å²) in [5.74, 6) is -3.18. The van der Waals surface area contributed by atoms with E-state index in [0.29, 0.717) is 19.3 Å². The molecule has 77 heavy (non-hydrogen) atoms. The minimum Gasteiger partial charge on any atom is -0.479 e. The number of rotatable bonds is 51. The van der Waals surface area contributed by atoms with Crippen molar-refractivity contribution in [1.82, 2.24) is 0 Å². The molecule has 1 aliphatic rings. The lowest BCUT2D eigenvalue weighted by molar-refractivity contribution is -0.301. The molecule has 0 bridgehead atoms. The van der Waals surface area contributed by atoms with Gasteiger partial charge in [0.1, 0.15) is 18.8 Å². The topological polar surface area (TPSA) is 175 Å².